The molecule has 3 aromatic rings. The fraction of sp³-hybridized carbons (Fsp3) is 0.286. The number of aromatic nitrogens is 3. The van der Waals surface area contributed by atoms with Gasteiger partial charge in [-0.3, -0.25) is 4.57 Å². The third-order valence-corrected chi connectivity index (χ3v) is 6.81. The molecular weight excluding hydrogens is 521 g/mol. The summed E-state index contributed by atoms with van der Waals surface area (Å²) >= 11 is 0. The predicted molar refractivity (Wildman–Crippen MR) is 115 cm³/mol. The summed E-state index contributed by atoms with van der Waals surface area (Å²) in [5.74, 6) is -4.02. The van der Waals surface area contributed by atoms with Crippen LogP contribution in [0.4, 0.5) is 34.0 Å². The SMILES string of the molecule is O=c1nc(OCc2cc(F)c(Oc3ccnc(S(F)(F)(F)(F)F)c3)c(F)c2)cc2n1CC1CCCN21. The average Bonchev–Trinajstić information content (AvgIpc) is 3.36. The summed E-state index contributed by atoms with van der Waals surface area (Å²) in [5, 5.41) is -2.50. The third kappa shape index (κ3) is 4.66. The molecule has 194 valence electrons. The zero-order valence-corrected chi connectivity index (χ0v) is 19.0. The highest BCUT2D eigenvalue weighted by atomic mass is 32.5. The van der Waals surface area contributed by atoms with E-state index < -0.39 is 50.7 Å². The van der Waals surface area contributed by atoms with Crippen molar-refractivity contribution in [1.29, 1.82) is 0 Å². The molecule has 15 heteroatoms. The first kappa shape index (κ1) is 24.2. The van der Waals surface area contributed by atoms with Gasteiger partial charge in [-0.1, -0.05) is 19.4 Å². The van der Waals surface area contributed by atoms with Crippen LogP contribution in [0, 0.1) is 11.6 Å². The van der Waals surface area contributed by atoms with Gasteiger partial charge in [0.2, 0.25) is 5.88 Å². The van der Waals surface area contributed by atoms with E-state index in [4.69, 9.17) is 9.47 Å². The molecule has 0 N–H and O–H groups in total. The number of nitrogens with zero attached hydrogens (tertiary/aromatic N) is 4. The number of ether oxygens (including phenoxy) is 2. The number of halogens is 7. The molecule has 0 aliphatic carbocycles. The fourth-order valence-electron chi connectivity index (χ4n) is 4.23. The van der Waals surface area contributed by atoms with E-state index in [-0.39, 0.29) is 23.6 Å². The molecule has 1 saturated heterocycles. The summed E-state index contributed by atoms with van der Waals surface area (Å²) in [6, 6.07) is 3.97. The van der Waals surface area contributed by atoms with Crippen LogP contribution in [0.25, 0.3) is 0 Å². The van der Waals surface area contributed by atoms with E-state index >= 15 is 0 Å². The summed E-state index contributed by atoms with van der Waals surface area (Å²) in [6.07, 6.45) is 2.33. The van der Waals surface area contributed by atoms with E-state index in [2.05, 4.69) is 14.9 Å². The summed E-state index contributed by atoms with van der Waals surface area (Å²) < 4.78 is 106. The van der Waals surface area contributed by atoms with Gasteiger partial charge in [-0.15, -0.1) is 0 Å². The van der Waals surface area contributed by atoms with Crippen molar-refractivity contribution in [3.63, 3.8) is 0 Å². The molecule has 0 bridgehead atoms. The van der Waals surface area contributed by atoms with Gasteiger partial charge in [0.25, 0.3) is 0 Å². The number of anilines is 1. The van der Waals surface area contributed by atoms with E-state index in [0.29, 0.717) is 18.6 Å². The van der Waals surface area contributed by atoms with Crippen molar-refractivity contribution in [2.75, 3.05) is 11.4 Å². The normalized spacial score (nSPS) is 18.9. The molecule has 1 fully saturated rings. The van der Waals surface area contributed by atoms with Gasteiger partial charge in [-0.2, -0.15) is 4.98 Å². The standard InChI is InChI=1S/C21H17F7N4O3S/c22-15-6-12(11-34-17-9-19-31-5-1-2-13(31)10-32(19)21(33)30-17)7-16(23)20(15)35-14-3-4-29-18(8-14)36(24,25,26,27)28/h3-4,6-9,13H,1-2,5,10-11H2. The number of hydrogen-bond donors (Lipinski definition) is 0. The second-order valence-corrected chi connectivity index (χ2v) is 10.8. The van der Waals surface area contributed by atoms with Crippen molar-refractivity contribution in [3.8, 4) is 17.4 Å². The van der Waals surface area contributed by atoms with Crippen LogP contribution in [0.1, 0.15) is 18.4 Å². The summed E-state index contributed by atoms with van der Waals surface area (Å²) in [6.45, 7) is 0.921. The van der Waals surface area contributed by atoms with E-state index in [1.165, 1.54) is 4.57 Å². The largest absolute Gasteiger partial charge is 0.473 e. The van der Waals surface area contributed by atoms with Crippen LogP contribution in [0.3, 0.4) is 0 Å². The zero-order valence-electron chi connectivity index (χ0n) is 18.1. The van der Waals surface area contributed by atoms with Gasteiger partial charge in [-0.25, -0.2) is 18.6 Å². The lowest BCUT2D eigenvalue weighted by atomic mass is 10.2. The molecule has 1 atom stereocenters. The maximum atomic E-state index is 14.5. The number of pyridine rings is 1. The minimum atomic E-state index is -10.1. The Morgan fingerprint density at radius 2 is 1.78 bits per heavy atom. The Bertz CT molecular complexity index is 1410. The Morgan fingerprint density at radius 3 is 2.47 bits per heavy atom. The Labute approximate surface area is 198 Å². The van der Waals surface area contributed by atoms with Crippen LogP contribution in [-0.4, -0.2) is 27.1 Å². The quantitative estimate of drug-likeness (QED) is 0.363. The fourth-order valence-corrected chi connectivity index (χ4v) is 4.83. The molecule has 1 aromatic carbocycles. The van der Waals surface area contributed by atoms with E-state index in [1.807, 2.05) is 0 Å². The Balaban J connectivity index is 1.33. The molecule has 5 rings (SSSR count). The molecule has 4 heterocycles. The first-order valence-electron chi connectivity index (χ1n) is 10.6. The minimum Gasteiger partial charge on any atom is -0.473 e. The molecule has 2 aliphatic heterocycles. The van der Waals surface area contributed by atoms with Gasteiger partial charge in [-0.05, 0) is 36.6 Å². The number of rotatable bonds is 6. The van der Waals surface area contributed by atoms with Crippen LogP contribution in [0.15, 0.2) is 46.3 Å². The molecule has 0 amide bonds. The van der Waals surface area contributed by atoms with Crippen LogP contribution in [0.5, 0.6) is 17.4 Å². The first-order valence-corrected chi connectivity index (χ1v) is 12.5. The van der Waals surface area contributed by atoms with E-state index in [9.17, 15) is 33.0 Å². The predicted octanol–water partition coefficient (Wildman–Crippen LogP) is 5.93. The van der Waals surface area contributed by atoms with Crippen LogP contribution in [-0.2, 0) is 13.2 Å². The summed E-state index contributed by atoms with van der Waals surface area (Å²) in [7, 11) is -10.1. The average molecular weight is 538 g/mol. The molecule has 7 nitrogen and oxygen atoms in total. The molecule has 36 heavy (non-hydrogen) atoms. The maximum Gasteiger partial charge on any atom is 0.352 e. The zero-order chi connectivity index (χ0) is 25.9. The lowest BCUT2D eigenvalue weighted by Gasteiger charge is -2.39. The van der Waals surface area contributed by atoms with Crippen LogP contribution in [0.2, 0.25) is 0 Å². The topological polar surface area (TPSA) is 69.5 Å². The first-order chi connectivity index (χ1) is 16.7. The van der Waals surface area contributed by atoms with Crippen molar-refractivity contribution >= 4 is 16.0 Å². The maximum absolute atomic E-state index is 14.5. The summed E-state index contributed by atoms with van der Waals surface area (Å²) in [5.41, 5.74) is -0.553. The van der Waals surface area contributed by atoms with E-state index in [1.54, 1.807) is 6.07 Å². The monoisotopic (exact) mass is 538 g/mol. The molecule has 0 saturated carbocycles. The van der Waals surface area contributed by atoms with Gasteiger partial charge in [0.05, 0.1) is 0 Å². The highest BCUT2D eigenvalue weighted by Crippen LogP contribution is 3.01. The number of hydrogen-bond acceptors (Lipinski definition) is 6. The van der Waals surface area contributed by atoms with Crippen molar-refractivity contribution in [1.82, 2.24) is 14.5 Å². The highest BCUT2D eigenvalue weighted by Gasteiger charge is 2.67. The van der Waals surface area contributed by atoms with Gasteiger partial charge >= 0.3 is 15.9 Å². The highest BCUT2D eigenvalue weighted by molar-refractivity contribution is 8.45. The molecule has 0 radical (unpaired) electrons. The van der Waals surface area contributed by atoms with Gasteiger partial charge in [0.15, 0.2) is 22.4 Å². The summed E-state index contributed by atoms with van der Waals surface area (Å²) in [4.78, 5) is 20.8. The molecule has 2 aliphatic rings. The van der Waals surface area contributed by atoms with E-state index in [0.717, 1.165) is 37.6 Å². The van der Waals surface area contributed by atoms with Gasteiger partial charge in [0.1, 0.15) is 18.2 Å². The molecule has 1 unspecified atom stereocenters. The van der Waals surface area contributed by atoms with Crippen LogP contribution < -0.4 is 20.1 Å². The lowest BCUT2D eigenvalue weighted by molar-refractivity contribution is 0.289. The number of benzene rings is 1. The second kappa shape index (κ2) is 7.51. The van der Waals surface area contributed by atoms with Gasteiger partial charge < -0.3 is 14.4 Å². The van der Waals surface area contributed by atoms with Gasteiger partial charge in [0, 0.05) is 37.5 Å². The van der Waals surface area contributed by atoms with Crippen molar-refractivity contribution < 1.29 is 37.7 Å². The molecule has 0 spiro atoms. The second-order valence-electron chi connectivity index (χ2n) is 8.41. The minimum absolute atomic E-state index is 0.0405. The smallest absolute Gasteiger partial charge is 0.352 e. The third-order valence-electron chi connectivity index (χ3n) is 5.80. The Morgan fingerprint density at radius 1 is 1.06 bits per heavy atom. The van der Waals surface area contributed by atoms with Crippen molar-refractivity contribution in [3.05, 3.63) is 64.2 Å². The molecule has 2 aromatic heterocycles. The Hall–Kier alpha value is -3.49. The molecular formula is C21H17F7N4O3S. The number of fused-ring (bicyclic) bond motifs is 3. The Kier molecular flexibility index (Phi) is 5.05. The van der Waals surface area contributed by atoms with Crippen molar-refractivity contribution in [2.24, 2.45) is 0 Å². The lowest BCUT2D eigenvalue weighted by Crippen LogP contribution is -2.24. The van der Waals surface area contributed by atoms with Crippen LogP contribution >= 0.6 is 10.2 Å². The van der Waals surface area contributed by atoms with Crippen molar-refractivity contribution in [2.45, 2.75) is 37.1 Å².